The number of benzene rings is 1. The number of Topliss-reactive ketones (excluding diaryl/α,β-unsaturated/α-hetero) is 1. The normalized spacial score (nSPS) is 23.9. The fourth-order valence-electron chi connectivity index (χ4n) is 4.59. The summed E-state index contributed by atoms with van der Waals surface area (Å²) in [5, 5.41) is 4.38. The van der Waals surface area contributed by atoms with Crippen molar-refractivity contribution in [3.05, 3.63) is 48.4 Å². The number of nitrogens with one attached hydrogen (secondary N) is 1. The standard InChI is InChI=1S/C23H25N3O3S/c27-22-15(1-2-17-13-29-14-20(17)22)7-10-26(23(28)16-5-8-24-9-6-16)19-3-4-21-18(11-19)12-25-30-21/h1-4,11-13,15-16,20,24H,5-10,14H2. The monoisotopic (exact) mass is 423 g/mol. The maximum Gasteiger partial charge on any atom is 0.230 e. The van der Waals surface area contributed by atoms with Gasteiger partial charge in [-0.1, -0.05) is 12.2 Å². The number of hydrogen-bond donors (Lipinski definition) is 1. The largest absolute Gasteiger partial charge is 0.500 e. The molecule has 1 aliphatic carbocycles. The van der Waals surface area contributed by atoms with Crippen LogP contribution < -0.4 is 10.2 Å². The van der Waals surface area contributed by atoms with Gasteiger partial charge in [0.25, 0.3) is 0 Å². The fourth-order valence-corrected chi connectivity index (χ4v) is 5.22. The molecule has 2 unspecified atom stereocenters. The average Bonchev–Trinajstić information content (AvgIpc) is 3.45. The molecule has 1 fully saturated rings. The predicted molar refractivity (Wildman–Crippen MR) is 117 cm³/mol. The number of aromatic nitrogens is 1. The summed E-state index contributed by atoms with van der Waals surface area (Å²) in [5.41, 5.74) is 1.86. The van der Waals surface area contributed by atoms with Crippen LogP contribution in [0.2, 0.25) is 0 Å². The zero-order valence-electron chi connectivity index (χ0n) is 16.8. The van der Waals surface area contributed by atoms with E-state index in [2.05, 4.69) is 9.69 Å². The van der Waals surface area contributed by atoms with E-state index in [9.17, 15) is 9.59 Å². The second-order valence-corrected chi connectivity index (χ2v) is 9.06. The molecular weight excluding hydrogens is 398 g/mol. The van der Waals surface area contributed by atoms with Crippen LogP contribution in [0.1, 0.15) is 19.3 Å². The molecule has 2 atom stereocenters. The smallest absolute Gasteiger partial charge is 0.230 e. The van der Waals surface area contributed by atoms with Gasteiger partial charge in [0.2, 0.25) is 5.91 Å². The van der Waals surface area contributed by atoms with E-state index in [0.717, 1.165) is 47.3 Å². The molecule has 156 valence electrons. The molecule has 0 radical (unpaired) electrons. The number of rotatable bonds is 5. The third-order valence-corrected chi connectivity index (χ3v) is 7.16. The van der Waals surface area contributed by atoms with Crippen LogP contribution in [0.4, 0.5) is 5.69 Å². The summed E-state index contributed by atoms with van der Waals surface area (Å²) in [6.07, 6.45) is 9.84. The number of amides is 1. The Kier molecular flexibility index (Phi) is 5.39. The minimum atomic E-state index is -0.177. The molecule has 1 saturated heterocycles. The molecule has 3 heterocycles. The van der Waals surface area contributed by atoms with Crippen LogP contribution in [0.15, 0.2) is 48.4 Å². The van der Waals surface area contributed by atoms with E-state index in [4.69, 9.17) is 4.74 Å². The van der Waals surface area contributed by atoms with Gasteiger partial charge in [0.15, 0.2) is 5.78 Å². The van der Waals surface area contributed by atoms with Crippen molar-refractivity contribution < 1.29 is 14.3 Å². The second kappa shape index (κ2) is 8.32. The third kappa shape index (κ3) is 3.68. The van der Waals surface area contributed by atoms with E-state index < -0.39 is 0 Å². The Balaban J connectivity index is 1.38. The van der Waals surface area contributed by atoms with Crippen molar-refractivity contribution in [1.82, 2.24) is 9.69 Å². The summed E-state index contributed by atoms with van der Waals surface area (Å²) in [6, 6.07) is 6.08. The summed E-state index contributed by atoms with van der Waals surface area (Å²) in [5.74, 6) is 0.0625. The lowest BCUT2D eigenvalue weighted by molar-refractivity contribution is -0.126. The van der Waals surface area contributed by atoms with Crippen LogP contribution in [-0.4, -0.2) is 42.3 Å². The maximum atomic E-state index is 13.5. The van der Waals surface area contributed by atoms with Crippen molar-refractivity contribution >= 4 is 39.0 Å². The van der Waals surface area contributed by atoms with E-state index in [1.165, 1.54) is 11.5 Å². The molecule has 2 aromatic rings. The number of ether oxygens (including phenoxy) is 1. The summed E-state index contributed by atoms with van der Waals surface area (Å²) in [4.78, 5) is 28.2. The quantitative estimate of drug-likeness (QED) is 0.799. The third-order valence-electron chi connectivity index (χ3n) is 6.38. The van der Waals surface area contributed by atoms with E-state index in [1.807, 2.05) is 41.4 Å². The number of fused-ring (bicyclic) bond motifs is 2. The van der Waals surface area contributed by atoms with Crippen molar-refractivity contribution in [2.24, 2.45) is 17.8 Å². The van der Waals surface area contributed by atoms with Gasteiger partial charge in [0, 0.05) is 41.2 Å². The second-order valence-electron chi connectivity index (χ2n) is 8.22. The lowest BCUT2D eigenvalue weighted by Crippen LogP contribution is -2.42. The van der Waals surface area contributed by atoms with Gasteiger partial charge in [-0.3, -0.25) is 9.59 Å². The molecule has 1 aromatic heterocycles. The van der Waals surface area contributed by atoms with E-state index >= 15 is 0 Å². The SMILES string of the molecule is O=C1C(CCN(C(=O)C2CCNCC2)c2ccc3sncc3c2)C=CC2=COCC12. The van der Waals surface area contributed by atoms with Gasteiger partial charge in [-0.15, -0.1) is 0 Å². The molecule has 6 nitrogen and oxygen atoms in total. The Hall–Kier alpha value is -2.51. The van der Waals surface area contributed by atoms with Crippen LogP contribution in [0.3, 0.4) is 0 Å². The zero-order valence-corrected chi connectivity index (χ0v) is 17.6. The van der Waals surface area contributed by atoms with Gasteiger partial charge >= 0.3 is 0 Å². The van der Waals surface area contributed by atoms with E-state index in [-0.39, 0.29) is 29.4 Å². The van der Waals surface area contributed by atoms with Crippen molar-refractivity contribution in [1.29, 1.82) is 0 Å². The molecular formula is C23H25N3O3S. The van der Waals surface area contributed by atoms with Crippen LogP contribution >= 0.6 is 11.5 Å². The van der Waals surface area contributed by atoms with Crippen LogP contribution in [0, 0.1) is 17.8 Å². The first-order valence-corrected chi connectivity index (χ1v) is 11.4. The zero-order chi connectivity index (χ0) is 20.5. The molecule has 3 aliphatic rings. The molecule has 0 bridgehead atoms. The highest BCUT2D eigenvalue weighted by Crippen LogP contribution is 2.32. The maximum absolute atomic E-state index is 13.5. The molecule has 1 N–H and O–H groups in total. The number of nitrogens with zero attached hydrogens (tertiary/aromatic N) is 2. The molecule has 2 aliphatic heterocycles. The first kappa shape index (κ1) is 19.5. The van der Waals surface area contributed by atoms with Gasteiger partial charge in [-0.2, -0.15) is 4.37 Å². The van der Waals surface area contributed by atoms with Gasteiger partial charge in [0.1, 0.15) is 6.61 Å². The van der Waals surface area contributed by atoms with Crippen LogP contribution in [0.5, 0.6) is 0 Å². The molecule has 30 heavy (non-hydrogen) atoms. The van der Waals surface area contributed by atoms with Gasteiger partial charge in [0.05, 0.1) is 16.9 Å². The highest BCUT2D eigenvalue weighted by atomic mass is 32.1. The lowest BCUT2D eigenvalue weighted by atomic mass is 9.82. The summed E-state index contributed by atoms with van der Waals surface area (Å²) in [7, 11) is 0. The Bertz CT molecular complexity index is 1020. The average molecular weight is 424 g/mol. The minimum absolute atomic E-state index is 0.0258. The molecule has 0 saturated carbocycles. The van der Waals surface area contributed by atoms with Crippen molar-refractivity contribution in [3.8, 4) is 0 Å². The van der Waals surface area contributed by atoms with Crippen LogP contribution in [-0.2, 0) is 14.3 Å². The minimum Gasteiger partial charge on any atom is -0.500 e. The Labute approximate surface area is 179 Å². The highest BCUT2D eigenvalue weighted by molar-refractivity contribution is 7.13. The number of anilines is 1. The first-order valence-electron chi connectivity index (χ1n) is 10.6. The molecule has 5 rings (SSSR count). The Morgan fingerprint density at radius 1 is 1.30 bits per heavy atom. The summed E-state index contributed by atoms with van der Waals surface area (Å²) in [6.45, 7) is 2.71. The van der Waals surface area contributed by atoms with Crippen molar-refractivity contribution in [2.75, 3.05) is 31.1 Å². The summed E-state index contributed by atoms with van der Waals surface area (Å²) < 4.78 is 10.7. The number of allylic oxidation sites excluding steroid dienone is 2. The predicted octanol–water partition coefficient (Wildman–Crippen LogP) is 3.30. The lowest BCUT2D eigenvalue weighted by Gasteiger charge is -2.31. The first-order chi connectivity index (χ1) is 14.7. The van der Waals surface area contributed by atoms with Gasteiger partial charge in [-0.25, -0.2) is 0 Å². The number of carbonyl (C=O) groups excluding carboxylic acids is 2. The Morgan fingerprint density at radius 2 is 2.17 bits per heavy atom. The van der Waals surface area contributed by atoms with Gasteiger partial charge < -0.3 is 15.0 Å². The van der Waals surface area contributed by atoms with Crippen molar-refractivity contribution in [3.63, 3.8) is 0 Å². The fraction of sp³-hybridized carbons (Fsp3) is 0.435. The van der Waals surface area contributed by atoms with E-state index in [1.54, 1.807) is 6.26 Å². The molecule has 0 spiro atoms. The molecule has 1 aromatic carbocycles. The number of carbonyl (C=O) groups is 2. The number of hydrogen-bond acceptors (Lipinski definition) is 6. The summed E-state index contributed by atoms with van der Waals surface area (Å²) >= 11 is 1.46. The molecule has 7 heteroatoms. The topological polar surface area (TPSA) is 71.5 Å². The van der Waals surface area contributed by atoms with Crippen LogP contribution in [0.25, 0.3) is 10.1 Å². The van der Waals surface area contributed by atoms with Crippen molar-refractivity contribution in [2.45, 2.75) is 19.3 Å². The number of piperidine rings is 1. The highest BCUT2D eigenvalue weighted by Gasteiger charge is 2.35. The van der Waals surface area contributed by atoms with Gasteiger partial charge in [-0.05, 0) is 62.1 Å². The Morgan fingerprint density at radius 3 is 3.03 bits per heavy atom. The molecule has 1 amide bonds. The number of ketones is 1. The van der Waals surface area contributed by atoms with E-state index in [0.29, 0.717) is 19.6 Å².